The van der Waals surface area contributed by atoms with Crippen molar-refractivity contribution in [2.24, 2.45) is 0 Å². The van der Waals surface area contributed by atoms with Crippen LogP contribution in [0.5, 0.6) is 0 Å². The maximum absolute atomic E-state index is 14.4. The average molecular weight is 392 g/mol. The van der Waals surface area contributed by atoms with E-state index in [4.69, 9.17) is 0 Å². The molecule has 3 aromatic rings. The number of rotatable bonds is 6. The fourth-order valence-electron chi connectivity index (χ4n) is 3.15. The van der Waals surface area contributed by atoms with E-state index in [1.165, 1.54) is 6.20 Å². The molecule has 0 aliphatic heterocycles. The normalized spacial score (nSPS) is 14.6. The first-order chi connectivity index (χ1) is 12.9. The molecule has 9 heteroatoms. The first kappa shape index (κ1) is 17.8. The monoisotopic (exact) mass is 392 g/mol. The maximum Gasteiger partial charge on any atom is 0.239 e. The summed E-state index contributed by atoms with van der Waals surface area (Å²) >= 11 is 0. The molecule has 2 aromatic heterocycles. The van der Waals surface area contributed by atoms with E-state index < -0.39 is 21.7 Å². The number of nitrogens with one attached hydrogen (secondary N) is 1. The number of fused-ring (bicyclic) bond motifs is 1. The number of pyridine rings is 1. The van der Waals surface area contributed by atoms with Crippen molar-refractivity contribution < 1.29 is 17.2 Å². The molecule has 2 heterocycles. The third-order valence-corrected chi connectivity index (χ3v) is 6.40. The summed E-state index contributed by atoms with van der Waals surface area (Å²) in [6.07, 6.45) is 3.77. The van der Waals surface area contributed by atoms with Crippen LogP contribution in [-0.2, 0) is 10.0 Å². The Hall–Kier alpha value is -2.55. The van der Waals surface area contributed by atoms with Crippen LogP contribution < -0.4 is 4.31 Å². The molecular weight excluding hydrogens is 374 g/mol. The van der Waals surface area contributed by atoms with Crippen molar-refractivity contribution in [2.75, 3.05) is 10.1 Å². The highest BCUT2D eigenvalue weighted by molar-refractivity contribution is 7.93. The predicted molar refractivity (Wildman–Crippen MR) is 98.4 cm³/mol. The number of anilines is 2. The van der Waals surface area contributed by atoms with E-state index in [-0.39, 0.29) is 17.1 Å². The highest BCUT2D eigenvalue weighted by atomic mass is 32.2. The molecular formula is C18H18F2N4O2S. The van der Waals surface area contributed by atoms with Gasteiger partial charge in [-0.1, -0.05) is 6.92 Å². The minimum atomic E-state index is -3.88. The molecule has 6 nitrogen and oxygen atoms in total. The topological polar surface area (TPSA) is 79.0 Å². The second-order valence-corrected chi connectivity index (χ2v) is 8.59. The Morgan fingerprint density at radius 2 is 2.04 bits per heavy atom. The zero-order valence-electron chi connectivity index (χ0n) is 14.6. The van der Waals surface area contributed by atoms with E-state index in [2.05, 4.69) is 15.2 Å². The molecule has 142 valence electrons. The van der Waals surface area contributed by atoms with Crippen LogP contribution in [0.4, 0.5) is 20.2 Å². The van der Waals surface area contributed by atoms with Crippen molar-refractivity contribution in [2.45, 2.75) is 32.1 Å². The fourth-order valence-corrected chi connectivity index (χ4v) is 4.71. The summed E-state index contributed by atoms with van der Waals surface area (Å²) in [6.45, 7) is 1.72. The molecule has 4 rings (SSSR count). The number of benzene rings is 1. The van der Waals surface area contributed by atoms with Crippen molar-refractivity contribution in [3.63, 3.8) is 0 Å². The number of nitrogens with zero attached hydrogens (tertiary/aromatic N) is 3. The number of H-pyrrole nitrogens is 1. The Kier molecular flexibility index (Phi) is 4.33. The summed E-state index contributed by atoms with van der Waals surface area (Å²) in [7, 11) is -3.88. The number of aromatic amines is 1. The zero-order valence-corrected chi connectivity index (χ0v) is 15.4. The second-order valence-electron chi connectivity index (χ2n) is 6.65. The number of aromatic nitrogens is 3. The van der Waals surface area contributed by atoms with E-state index in [1.807, 2.05) is 0 Å². The Balaban J connectivity index is 1.90. The van der Waals surface area contributed by atoms with Gasteiger partial charge in [-0.2, -0.15) is 5.10 Å². The van der Waals surface area contributed by atoms with Crippen LogP contribution in [0.15, 0.2) is 30.5 Å². The van der Waals surface area contributed by atoms with Gasteiger partial charge in [-0.15, -0.1) is 0 Å². The van der Waals surface area contributed by atoms with Crippen LogP contribution in [0, 0.1) is 11.6 Å². The molecule has 0 bridgehead atoms. The molecule has 27 heavy (non-hydrogen) atoms. The third kappa shape index (κ3) is 3.27. The Morgan fingerprint density at radius 1 is 1.26 bits per heavy atom. The van der Waals surface area contributed by atoms with Crippen LogP contribution in [0.1, 0.15) is 37.8 Å². The summed E-state index contributed by atoms with van der Waals surface area (Å²) < 4.78 is 54.5. The fraction of sp³-hybridized carbons (Fsp3) is 0.333. The van der Waals surface area contributed by atoms with E-state index in [9.17, 15) is 17.2 Å². The molecule has 1 N–H and O–H groups in total. The van der Waals surface area contributed by atoms with Crippen LogP contribution >= 0.6 is 0 Å². The van der Waals surface area contributed by atoms with Crippen LogP contribution in [0.3, 0.4) is 0 Å². The van der Waals surface area contributed by atoms with Gasteiger partial charge < -0.3 is 0 Å². The molecule has 0 unspecified atom stereocenters. The second kappa shape index (κ2) is 6.56. The van der Waals surface area contributed by atoms with Crippen molar-refractivity contribution in [1.82, 2.24) is 15.2 Å². The number of sulfonamides is 1. The summed E-state index contributed by atoms with van der Waals surface area (Å²) in [5.41, 5.74) is 1.35. The minimum Gasteiger partial charge on any atom is -0.279 e. The van der Waals surface area contributed by atoms with Crippen molar-refractivity contribution in [1.29, 1.82) is 0 Å². The molecule has 0 radical (unpaired) electrons. The Morgan fingerprint density at radius 3 is 2.70 bits per heavy atom. The van der Waals surface area contributed by atoms with Gasteiger partial charge in [0.25, 0.3) is 0 Å². The average Bonchev–Trinajstić information content (AvgIpc) is 3.36. The van der Waals surface area contributed by atoms with Gasteiger partial charge in [-0.05, 0) is 37.5 Å². The Labute approximate surface area is 155 Å². The van der Waals surface area contributed by atoms with Gasteiger partial charge >= 0.3 is 0 Å². The molecule has 1 fully saturated rings. The summed E-state index contributed by atoms with van der Waals surface area (Å²) in [5, 5.41) is 7.83. The van der Waals surface area contributed by atoms with Crippen LogP contribution in [0.25, 0.3) is 11.0 Å². The van der Waals surface area contributed by atoms with E-state index in [1.54, 1.807) is 13.0 Å². The minimum absolute atomic E-state index is 0.178. The predicted octanol–water partition coefficient (Wildman–Crippen LogP) is 3.99. The van der Waals surface area contributed by atoms with E-state index in [0.29, 0.717) is 29.4 Å². The SMILES string of the molecule is CCCS(=O)(=O)N(c1cnc2n[nH]c(C3CC3)c2c1)c1ccc(F)cc1F. The number of hydrogen-bond donors (Lipinski definition) is 1. The molecule has 1 saturated carbocycles. The van der Waals surface area contributed by atoms with Crippen molar-refractivity contribution in [3.8, 4) is 0 Å². The molecule has 0 amide bonds. The summed E-state index contributed by atoms with van der Waals surface area (Å²) in [5.74, 6) is -1.55. The lowest BCUT2D eigenvalue weighted by Crippen LogP contribution is -2.29. The lowest BCUT2D eigenvalue weighted by molar-refractivity contribution is 0.578. The highest BCUT2D eigenvalue weighted by Gasteiger charge is 2.30. The lowest BCUT2D eigenvalue weighted by atomic mass is 10.2. The third-order valence-electron chi connectivity index (χ3n) is 4.51. The van der Waals surface area contributed by atoms with Gasteiger partial charge in [0.1, 0.15) is 5.82 Å². The molecule has 1 aromatic carbocycles. The zero-order chi connectivity index (χ0) is 19.2. The molecule has 1 aliphatic carbocycles. The number of halogens is 2. The van der Waals surface area contributed by atoms with Crippen molar-refractivity contribution >= 4 is 32.4 Å². The molecule has 0 atom stereocenters. The number of hydrogen-bond acceptors (Lipinski definition) is 4. The van der Waals surface area contributed by atoms with Gasteiger partial charge in [-0.25, -0.2) is 26.5 Å². The van der Waals surface area contributed by atoms with Gasteiger partial charge in [0.05, 0.1) is 23.3 Å². The van der Waals surface area contributed by atoms with Crippen molar-refractivity contribution in [3.05, 3.63) is 47.8 Å². The van der Waals surface area contributed by atoms with Gasteiger partial charge in [0.2, 0.25) is 10.0 Å². The van der Waals surface area contributed by atoms with Crippen LogP contribution in [0.2, 0.25) is 0 Å². The van der Waals surface area contributed by atoms with Crippen LogP contribution in [-0.4, -0.2) is 29.4 Å². The largest absolute Gasteiger partial charge is 0.279 e. The first-order valence-electron chi connectivity index (χ1n) is 8.73. The molecule has 0 saturated heterocycles. The smallest absolute Gasteiger partial charge is 0.239 e. The first-order valence-corrected chi connectivity index (χ1v) is 10.3. The van der Waals surface area contributed by atoms with Gasteiger partial charge in [-0.3, -0.25) is 5.10 Å². The lowest BCUT2D eigenvalue weighted by Gasteiger charge is -2.24. The standard InChI is InChI=1S/C18H18F2N4O2S/c1-2-7-27(25,26)24(16-6-5-12(19)8-15(16)20)13-9-14-17(11-3-4-11)22-23-18(14)21-10-13/h5-6,8-11H,2-4,7H2,1H3,(H,21,22,23). The molecule has 1 aliphatic rings. The summed E-state index contributed by atoms with van der Waals surface area (Å²) in [4.78, 5) is 4.23. The van der Waals surface area contributed by atoms with Gasteiger partial charge in [0.15, 0.2) is 11.5 Å². The summed E-state index contributed by atoms with van der Waals surface area (Å²) in [6, 6.07) is 4.48. The molecule has 0 spiro atoms. The van der Waals surface area contributed by atoms with Gasteiger partial charge in [0, 0.05) is 23.1 Å². The van der Waals surface area contributed by atoms with E-state index in [0.717, 1.165) is 35.0 Å². The highest BCUT2D eigenvalue weighted by Crippen LogP contribution is 2.42. The Bertz CT molecular complexity index is 1110. The van der Waals surface area contributed by atoms with E-state index >= 15 is 0 Å². The quantitative estimate of drug-likeness (QED) is 0.688. The maximum atomic E-state index is 14.4.